The van der Waals surface area contributed by atoms with E-state index in [1.54, 1.807) is 38.1 Å². The highest BCUT2D eigenvalue weighted by Gasteiger charge is 2.24. The van der Waals surface area contributed by atoms with Crippen LogP contribution in [0.25, 0.3) is 5.69 Å². The van der Waals surface area contributed by atoms with Gasteiger partial charge in [-0.1, -0.05) is 26.0 Å². The SMILES string of the molecule is Cc1nnc(C(CC(C)C)NC(=O)c2cc(C)n(-c3ccccc3F)n2)o1. The van der Waals surface area contributed by atoms with Crippen molar-refractivity contribution in [2.24, 2.45) is 5.92 Å². The van der Waals surface area contributed by atoms with Gasteiger partial charge in [0.2, 0.25) is 11.8 Å². The number of benzene rings is 1. The van der Waals surface area contributed by atoms with Gasteiger partial charge in [-0.25, -0.2) is 9.07 Å². The third-order valence-corrected chi connectivity index (χ3v) is 4.05. The minimum Gasteiger partial charge on any atom is -0.423 e. The molecule has 27 heavy (non-hydrogen) atoms. The average molecular weight is 371 g/mol. The molecule has 1 amide bonds. The molecule has 1 atom stereocenters. The van der Waals surface area contributed by atoms with Gasteiger partial charge in [-0.05, 0) is 37.5 Å². The fourth-order valence-corrected chi connectivity index (χ4v) is 2.83. The molecule has 1 aromatic carbocycles. The zero-order chi connectivity index (χ0) is 19.6. The van der Waals surface area contributed by atoms with Crippen molar-refractivity contribution in [3.63, 3.8) is 0 Å². The van der Waals surface area contributed by atoms with Crippen molar-refractivity contribution in [1.29, 1.82) is 0 Å². The number of rotatable bonds is 6. The summed E-state index contributed by atoms with van der Waals surface area (Å²) in [6.45, 7) is 7.55. The van der Waals surface area contributed by atoms with Crippen molar-refractivity contribution in [2.75, 3.05) is 0 Å². The van der Waals surface area contributed by atoms with Crippen LogP contribution in [0.4, 0.5) is 4.39 Å². The van der Waals surface area contributed by atoms with E-state index in [0.717, 1.165) is 0 Å². The first-order chi connectivity index (χ1) is 12.8. The fourth-order valence-electron chi connectivity index (χ4n) is 2.83. The molecular weight excluding hydrogens is 349 g/mol. The second-order valence-corrected chi connectivity index (χ2v) is 6.85. The van der Waals surface area contributed by atoms with Crippen molar-refractivity contribution >= 4 is 5.91 Å². The summed E-state index contributed by atoms with van der Waals surface area (Å²) in [6, 6.07) is 7.49. The predicted octanol–water partition coefficient (Wildman–Crippen LogP) is 3.53. The molecule has 0 saturated carbocycles. The van der Waals surface area contributed by atoms with Gasteiger partial charge in [-0.15, -0.1) is 10.2 Å². The quantitative estimate of drug-likeness (QED) is 0.716. The minimum atomic E-state index is -0.419. The first kappa shape index (κ1) is 18.8. The summed E-state index contributed by atoms with van der Waals surface area (Å²) in [7, 11) is 0. The van der Waals surface area contributed by atoms with Crippen molar-refractivity contribution in [3.05, 3.63) is 59.3 Å². The lowest BCUT2D eigenvalue weighted by atomic mass is 10.0. The van der Waals surface area contributed by atoms with Crippen LogP contribution in [0.3, 0.4) is 0 Å². The summed E-state index contributed by atoms with van der Waals surface area (Å²) >= 11 is 0. The van der Waals surface area contributed by atoms with E-state index < -0.39 is 11.9 Å². The summed E-state index contributed by atoms with van der Waals surface area (Å²) in [4.78, 5) is 12.7. The van der Waals surface area contributed by atoms with Crippen LogP contribution in [-0.2, 0) is 0 Å². The minimum absolute atomic E-state index is 0.195. The molecule has 0 aliphatic carbocycles. The monoisotopic (exact) mass is 371 g/mol. The van der Waals surface area contributed by atoms with E-state index in [2.05, 4.69) is 20.6 Å². The highest BCUT2D eigenvalue weighted by molar-refractivity contribution is 5.92. The zero-order valence-electron chi connectivity index (χ0n) is 15.7. The topological polar surface area (TPSA) is 85.8 Å². The van der Waals surface area contributed by atoms with Crippen LogP contribution in [0.5, 0.6) is 0 Å². The molecular formula is C19H22FN5O2. The summed E-state index contributed by atoms with van der Waals surface area (Å²) in [6.07, 6.45) is 0.639. The van der Waals surface area contributed by atoms with E-state index in [0.29, 0.717) is 35.5 Å². The molecule has 0 fully saturated rings. The Morgan fingerprint density at radius 2 is 2.00 bits per heavy atom. The lowest BCUT2D eigenvalue weighted by Crippen LogP contribution is -2.30. The number of halogens is 1. The van der Waals surface area contributed by atoms with Gasteiger partial charge in [0.05, 0.1) is 0 Å². The highest BCUT2D eigenvalue weighted by Crippen LogP contribution is 2.21. The van der Waals surface area contributed by atoms with Gasteiger partial charge in [0.1, 0.15) is 17.5 Å². The van der Waals surface area contributed by atoms with Gasteiger partial charge in [0.15, 0.2) is 5.69 Å². The largest absolute Gasteiger partial charge is 0.423 e. The Hall–Kier alpha value is -3.03. The van der Waals surface area contributed by atoms with Crippen LogP contribution >= 0.6 is 0 Å². The molecule has 0 spiro atoms. The van der Waals surface area contributed by atoms with Gasteiger partial charge in [0, 0.05) is 12.6 Å². The van der Waals surface area contributed by atoms with E-state index in [9.17, 15) is 9.18 Å². The maximum absolute atomic E-state index is 14.1. The summed E-state index contributed by atoms with van der Waals surface area (Å²) in [5, 5.41) is 15.0. The number of aromatic nitrogens is 4. The molecule has 8 heteroatoms. The summed E-state index contributed by atoms with van der Waals surface area (Å²) in [5.41, 5.74) is 1.14. The predicted molar refractivity (Wildman–Crippen MR) is 97.0 cm³/mol. The maximum Gasteiger partial charge on any atom is 0.272 e. The van der Waals surface area contributed by atoms with E-state index in [-0.39, 0.29) is 11.6 Å². The number of carbonyl (C=O) groups is 1. The molecule has 1 unspecified atom stereocenters. The van der Waals surface area contributed by atoms with Crippen molar-refractivity contribution in [1.82, 2.24) is 25.3 Å². The zero-order valence-corrected chi connectivity index (χ0v) is 15.7. The van der Waals surface area contributed by atoms with Crippen molar-refractivity contribution in [3.8, 4) is 5.69 Å². The molecule has 2 aromatic heterocycles. The Balaban J connectivity index is 1.85. The molecule has 0 bridgehead atoms. The number of amides is 1. The number of hydrogen-bond acceptors (Lipinski definition) is 5. The lowest BCUT2D eigenvalue weighted by Gasteiger charge is -2.16. The third kappa shape index (κ3) is 4.21. The summed E-state index contributed by atoms with van der Waals surface area (Å²) < 4.78 is 21.0. The normalized spacial score (nSPS) is 12.4. The van der Waals surface area contributed by atoms with Crippen molar-refractivity contribution < 1.29 is 13.6 Å². The van der Waals surface area contributed by atoms with Gasteiger partial charge >= 0.3 is 0 Å². The third-order valence-electron chi connectivity index (χ3n) is 4.05. The number of nitrogens with one attached hydrogen (secondary N) is 1. The molecule has 0 saturated heterocycles. The number of nitrogens with zero attached hydrogens (tertiary/aromatic N) is 4. The molecule has 1 N–H and O–H groups in total. The van der Waals surface area contributed by atoms with Crippen LogP contribution in [0.15, 0.2) is 34.7 Å². The molecule has 0 aliphatic rings. The summed E-state index contributed by atoms with van der Waals surface area (Å²) in [5.74, 6) is 0.317. The molecule has 7 nitrogen and oxygen atoms in total. The van der Waals surface area contributed by atoms with Crippen LogP contribution in [-0.4, -0.2) is 25.9 Å². The van der Waals surface area contributed by atoms with Crippen LogP contribution in [0, 0.1) is 25.6 Å². The Morgan fingerprint density at radius 3 is 2.63 bits per heavy atom. The number of hydrogen-bond donors (Lipinski definition) is 1. The number of carbonyl (C=O) groups excluding carboxylic acids is 1. The van der Waals surface area contributed by atoms with Gasteiger partial charge in [0.25, 0.3) is 5.91 Å². The Morgan fingerprint density at radius 1 is 1.26 bits per heavy atom. The maximum atomic E-state index is 14.1. The second-order valence-electron chi connectivity index (χ2n) is 6.85. The van der Waals surface area contributed by atoms with E-state index in [1.165, 1.54) is 10.7 Å². The molecule has 142 valence electrons. The van der Waals surface area contributed by atoms with E-state index in [4.69, 9.17) is 4.42 Å². The van der Waals surface area contributed by atoms with Gasteiger partial charge in [-0.3, -0.25) is 4.79 Å². The van der Waals surface area contributed by atoms with Crippen LogP contribution < -0.4 is 5.32 Å². The first-order valence-electron chi connectivity index (χ1n) is 8.77. The highest BCUT2D eigenvalue weighted by atomic mass is 19.1. The standard InChI is InChI=1S/C19H22FN5O2/c1-11(2)9-16(19-23-22-13(4)27-19)21-18(26)15-10-12(3)25(24-15)17-8-6-5-7-14(17)20/h5-8,10-11,16H,9H2,1-4H3,(H,21,26). The van der Waals surface area contributed by atoms with E-state index >= 15 is 0 Å². The molecule has 3 rings (SSSR count). The molecule has 2 heterocycles. The van der Waals surface area contributed by atoms with E-state index in [1.807, 2.05) is 13.8 Å². The number of aryl methyl sites for hydroxylation is 2. The van der Waals surface area contributed by atoms with Gasteiger partial charge in [-0.2, -0.15) is 5.10 Å². The first-order valence-corrected chi connectivity index (χ1v) is 8.77. The Labute approximate surface area is 156 Å². The second kappa shape index (κ2) is 7.69. The molecule has 0 aliphatic heterocycles. The molecule has 0 radical (unpaired) electrons. The fraction of sp³-hybridized carbons (Fsp3) is 0.368. The lowest BCUT2D eigenvalue weighted by molar-refractivity contribution is 0.0918. The van der Waals surface area contributed by atoms with Crippen molar-refractivity contribution in [2.45, 2.75) is 40.2 Å². The molecule has 3 aromatic rings. The van der Waals surface area contributed by atoms with Crippen LogP contribution in [0.2, 0.25) is 0 Å². The Bertz CT molecular complexity index is 947. The average Bonchev–Trinajstić information content (AvgIpc) is 3.20. The van der Waals surface area contributed by atoms with Crippen LogP contribution in [0.1, 0.15) is 54.3 Å². The smallest absolute Gasteiger partial charge is 0.272 e. The van der Waals surface area contributed by atoms with Gasteiger partial charge < -0.3 is 9.73 Å². The number of para-hydroxylation sites is 1. The Kier molecular flexibility index (Phi) is 5.34.